The Hall–Kier alpha value is -1.17. The number of amides is 1. The first kappa shape index (κ1) is 15.2. The Kier molecular flexibility index (Phi) is 4.96. The number of thiazole rings is 1. The van der Waals surface area contributed by atoms with Crippen LogP contribution in [-0.2, 0) is 4.79 Å². The quantitative estimate of drug-likeness (QED) is 0.659. The molecule has 1 N–H and O–H groups in total. The van der Waals surface area contributed by atoms with Crippen LogP contribution in [0.25, 0.3) is 5.57 Å². The maximum atomic E-state index is 11.7. The van der Waals surface area contributed by atoms with Crippen LogP contribution in [0.15, 0.2) is 28.1 Å². The molecule has 4 nitrogen and oxygen atoms in total. The van der Waals surface area contributed by atoms with E-state index >= 15 is 0 Å². The van der Waals surface area contributed by atoms with Crippen molar-refractivity contribution in [2.24, 2.45) is 10.9 Å². The van der Waals surface area contributed by atoms with E-state index in [2.05, 4.69) is 22.0 Å². The van der Waals surface area contributed by atoms with Crippen LogP contribution >= 0.6 is 34.5 Å². The molecular formula is C13H13Cl2N3OS. The van der Waals surface area contributed by atoms with E-state index < -0.39 is 0 Å². The number of nitrogens with one attached hydrogen (secondary N) is 1. The molecule has 1 saturated carbocycles. The molecule has 1 heterocycles. The van der Waals surface area contributed by atoms with Crippen molar-refractivity contribution in [3.63, 3.8) is 0 Å². The molecule has 0 radical (unpaired) electrons. The van der Waals surface area contributed by atoms with Crippen molar-refractivity contribution >= 4 is 52.7 Å². The molecule has 2 rings (SSSR count). The average molecular weight is 330 g/mol. The molecule has 0 aliphatic heterocycles. The van der Waals surface area contributed by atoms with Gasteiger partial charge in [-0.15, -0.1) is 11.3 Å². The van der Waals surface area contributed by atoms with Crippen LogP contribution in [0.4, 0.5) is 0 Å². The molecule has 0 unspecified atom stereocenters. The first-order valence-electron chi connectivity index (χ1n) is 5.98. The minimum Gasteiger partial charge on any atom is -0.310 e. The molecule has 0 bridgehead atoms. The zero-order chi connectivity index (χ0) is 14.7. The van der Waals surface area contributed by atoms with Crippen LogP contribution < -0.4 is 5.32 Å². The Bertz CT molecular complexity index is 603. The minimum atomic E-state index is -0.0388. The van der Waals surface area contributed by atoms with Gasteiger partial charge < -0.3 is 5.32 Å². The molecule has 0 atom stereocenters. The predicted molar refractivity (Wildman–Crippen MR) is 84.1 cm³/mol. The Morgan fingerprint density at radius 1 is 1.65 bits per heavy atom. The number of aliphatic imine (C=N–C) groups is 1. The van der Waals surface area contributed by atoms with Crippen LogP contribution in [0.2, 0.25) is 4.34 Å². The molecule has 0 saturated heterocycles. The summed E-state index contributed by atoms with van der Waals surface area (Å²) in [4.78, 5) is 19.6. The van der Waals surface area contributed by atoms with E-state index in [0.717, 1.165) is 23.4 Å². The zero-order valence-electron chi connectivity index (χ0n) is 10.8. The lowest BCUT2D eigenvalue weighted by Gasteiger charge is -2.04. The van der Waals surface area contributed by atoms with Gasteiger partial charge in [-0.2, -0.15) is 0 Å². The predicted octanol–water partition coefficient (Wildman–Crippen LogP) is 3.83. The van der Waals surface area contributed by atoms with Crippen LogP contribution in [0, 0.1) is 5.92 Å². The van der Waals surface area contributed by atoms with Gasteiger partial charge in [-0.3, -0.25) is 4.79 Å². The smallest absolute Gasteiger partial charge is 0.228 e. The van der Waals surface area contributed by atoms with Gasteiger partial charge in [0, 0.05) is 11.5 Å². The number of rotatable bonds is 5. The first-order chi connectivity index (χ1) is 9.51. The molecule has 106 valence electrons. The molecule has 1 aliphatic rings. The third-order valence-electron chi connectivity index (χ3n) is 2.79. The van der Waals surface area contributed by atoms with Gasteiger partial charge in [0.15, 0.2) is 0 Å². The van der Waals surface area contributed by atoms with Crippen molar-refractivity contribution in [1.82, 2.24) is 10.3 Å². The van der Waals surface area contributed by atoms with Gasteiger partial charge in [-0.05, 0) is 32.6 Å². The Morgan fingerprint density at radius 2 is 2.35 bits per heavy atom. The highest BCUT2D eigenvalue weighted by atomic mass is 35.5. The van der Waals surface area contributed by atoms with Crippen molar-refractivity contribution < 1.29 is 4.79 Å². The fraction of sp³-hybridized carbons (Fsp3) is 0.308. The fourth-order valence-corrected chi connectivity index (χ4v) is 2.63. The summed E-state index contributed by atoms with van der Waals surface area (Å²) < 4.78 is 0.594. The third-order valence-corrected chi connectivity index (χ3v) is 4.42. The molecule has 0 aromatic carbocycles. The number of carbonyl (C=O) groups is 1. The van der Waals surface area contributed by atoms with E-state index in [9.17, 15) is 4.79 Å². The number of nitrogens with zero attached hydrogens (tertiary/aromatic N) is 2. The number of aromatic nitrogens is 1. The zero-order valence-corrected chi connectivity index (χ0v) is 13.1. The molecule has 0 spiro atoms. The second kappa shape index (κ2) is 6.52. The second-order valence-electron chi connectivity index (χ2n) is 4.39. The van der Waals surface area contributed by atoms with Gasteiger partial charge in [-0.25, -0.2) is 9.98 Å². The summed E-state index contributed by atoms with van der Waals surface area (Å²) in [5.41, 5.74) is 0.769. The van der Waals surface area contributed by atoms with E-state index in [0.29, 0.717) is 15.2 Å². The average Bonchev–Trinajstić information content (AvgIpc) is 3.19. The normalized spacial score (nSPS) is 16.6. The number of hydrogen-bond acceptors (Lipinski definition) is 4. The first-order valence-corrected chi connectivity index (χ1v) is 7.56. The Morgan fingerprint density at radius 3 is 2.85 bits per heavy atom. The fourth-order valence-electron chi connectivity index (χ4n) is 1.45. The van der Waals surface area contributed by atoms with Crippen molar-refractivity contribution in [1.29, 1.82) is 0 Å². The monoisotopic (exact) mass is 329 g/mol. The molecule has 1 fully saturated rings. The molecule has 1 aliphatic carbocycles. The van der Waals surface area contributed by atoms with Gasteiger partial charge in [0.25, 0.3) is 0 Å². The van der Waals surface area contributed by atoms with E-state index in [-0.39, 0.29) is 11.8 Å². The van der Waals surface area contributed by atoms with Crippen LogP contribution in [0.3, 0.4) is 0 Å². The van der Waals surface area contributed by atoms with E-state index in [4.69, 9.17) is 23.2 Å². The summed E-state index contributed by atoms with van der Waals surface area (Å²) >= 11 is 13.4. The second-order valence-corrected chi connectivity index (χ2v) is 6.46. The van der Waals surface area contributed by atoms with Gasteiger partial charge in [0.2, 0.25) is 5.91 Å². The van der Waals surface area contributed by atoms with Crippen LogP contribution in [-0.4, -0.2) is 17.6 Å². The third kappa shape index (κ3) is 3.91. The van der Waals surface area contributed by atoms with Crippen molar-refractivity contribution in [3.8, 4) is 0 Å². The van der Waals surface area contributed by atoms with E-state index in [1.165, 1.54) is 11.3 Å². The summed E-state index contributed by atoms with van der Waals surface area (Å²) in [5, 5.41) is 3.87. The highest BCUT2D eigenvalue weighted by Gasteiger charge is 2.29. The Balaban J connectivity index is 2.16. The molecule has 1 aromatic rings. The molecule has 7 heteroatoms. The summed E-state index contributed by atoms with van der Waals surface area (Å²) in [6.07, 6.45) is 4.99. The molecule has 1 amide bonds. The van der Waals surface area contributed by atoms with Gasteiger partial charge in [0.1, 0.15) is 15.2 Å². The van der Waals surface area contributed by atoms with E-state index in [1.807, 2.05) is 6.92 Å². The summed E-state index contributed by atoms with van der Waals surface area (Å²) in [5.74, 6) is 0.402. The summed E-state index contributed by atoms with van der Waals surface area (Å²) in [6.45, 7) is 5.27. The number of allylic oxidation sites excluding steroid dienone is 3. The SMILES string of the molecule is C=N/C(=C\C(Cl)=C(/C)c1ncc(Cl)s1)NC(=O)C1CC1. The maximum Gasteiger partial charge on any atom is 0.228 e. The van der Waals surface area contributed by atoms with Gasteiger partial charge >= 0.3 is 0 Å². The lowest BCUT2D eigenvalue weighted by atomic mass is 10.3. The number of carbonyl (C=O) groups excluding carboxylic acids is 1. The maximum absolute atomic E-state index is 11.7. The van der Waals surface area contributed by atoms with Crippen molar-refractivity contribution in [2.75, 3.05) is 0 Å². The minimum absolute atomic E-state index is 0.0388. The largest absolute Gasteiger partial charge is 0.310 e. The van der Waals surface area contributed by atoms with Gasteiger partial charge in [0.05, 0.1) is 11.2 Å². The number of halogens is 2. The standard InChI is InChI=1S/C13H13Cl2N3OS/c1-7(13-17-6-10(15)20-13)9(14)5-11(16-2)18-12(19)8-3-4-8/h5-6,8H,2-4H2,1H3,(H,18,19)/b9-7-,11-5+. The molecule has 1 aromatic heterocycles. The highest BCUT2D eigenvalue weighted by Crippen LogP contribution is 2.30. The number of hydrogen-bond donors (Lipinski definition) is 1. The lowest BCUT2D eigenvalue weighted by molar-refractivity contribution is -0.121. The molecular weight excluding hydrogens is 317 g/mol. The highest BCUT2D eigenvalue weighted by molar-refractivity contribution is 7.16. The van der Waals surface area contributed by atoms with Gasteiger partial charge in [-0.1, -0.05) is 23.2 Å². The lowest BCUT2D eigenvalue weighted by Crippen LogP contribution is -2.23. The topological polar surface area (TPSA) is 54.4 Å². The molecule has 20 heavy (non-hydrogen) atoms. The van der Waals surface area contributed by atoms with Crippen molar-refractivity contribution in [3.05, 3.63) is 32.5 Å². The van der Waals surface area contributed by atoms with E-state index in [1.54, 1.807) is 12.3 Å². The summed E-state index contributed by atoms with van der Waals surface area (Å²) in [6, 6.07) is 0. The summed E-state index contributed by atoms with van der Waals surface area (Å²) in [7, 11) is 0. The van der Waals surface area contributed by atoms with Crippen molar-refractivity contribution in [2.45, 2.75) is 19.8 Å². The van der Waals surface area contributed by atoms with Crippen LogP contribution in [0.1, 0.15) is 24.8 Å². The Labute approximate surface area is 131 Å². The van der Waals surface area contributed by atoms with Crippen LogP contribution in [0.5, 0.6) is 0 Å².